The molecule has 89 valence electrons. The molecule has 1 radical (unpaired) electrons. The lowest BCUT2D eigenvalue weighted by molar-refractivity contribution is 0.260. The SMILES string of the molecule is [CH2]c1ccc(OCC)c(OCC)c1OCC. The molecule has 16 heavy (non-hydrogen) atoms. The first kappa shape index (κ1) is 12.7. The summed E-state index contributed by atoms with van der Waals surface area (Å²) in [6.07, 6.45) is 0. The first-order chi connectivity index (χ1) is 7.74. The van der Waals surface area contributed by atoms with Gasteiger partial charge in [-0.05, 0) is 39.3 Å². The Balaban J connectivity index is 3.14. The molecule has 0 atom stereocenters. The van der Waals surface area contributed by atoms with Gasteiger partial charge < -0.3 is 14.2 Å². The molecule has 3 nitrogen and oxygen atoms in total. The van der Waals surface area contributed by atoms with Crippen LogP contribution in [0.3, 0.4) is 0 Å². The van der Waals surface area contributed by atoms with Crippen LogP contribution in [0.1, 0.15) is 26.3 Å². The van der Waals surface area contributed by atoms with Crippen LogP contribution in [0.25, 0.3) is 0 Å². The van der Waals surface area contributed by atoms with Crippen molar-refractivity contribution in [3.63, 3.8) is 0 Å². The maximum absolute atomic E-state index is 5.56. The Morgan fingerprint density at radius 2 is 1.44 bits per heavy atom. The highest BCUT2D eigenvalue weighted by Crippen LogP contribution is 2.40. The lowest BCUT2D eigenvalue weighted by atomic mass is 10.2. The smallest absolute Gasteiger partial charge is 0.203 e. The van der Waals surface area contributed by atoms with E-state index >= 15 is 0 Å². The molecule has 3 heteroatoms. The summed E-state index contributed by atoms with van der Waals surface area (Å²) >= 11 is 0. The molecule has 0 aromatic heterocycles. The van der Waals surface area contributed by atoms with Crippen molar-refractivity contribution < 1.29 is 14.2 Å². The van der Waals surface area contributed by atoms with Crippen molar-refractivity contribution >= 4 is 0 Å². The normalized spacial score (nSPS) is 10.0. The van der Waals surface area contributed by atoms with Crippen molar-refractivity contribution in [3.8, 4) is 17.2 Å². The summed E-state index contributed by atoms with van der Waals surface area (Å²) in [6, 6.07) is 3.73. The Morgan fingerprint density at radius 3 is 2.00 bits per heavy atom. The number of benzene rings is 1. The summed E-state index contributed by atoms with van der Waals surface area (Å²) in [5.41, 5.74) is 0.814. The van der Waals surface area contributed by atoms with Crippen LogP contribution in [0.4, 0.5) is 0 Å². The number of rotatable bonds is 6. The molecule has 0 saturated carbocycles. The molecular weight excluding hydrogens is 204 g/mol. The summed E-state index contributed by atoms with van der Waals surface area (Å²) in [7, 11) is 0. The Bertz CT molecular complexity index is 334. The standard InChI is InChI=1S/C13H19O3/c1-5-14-11-9-8-10(4)12(15-6-2)13(11)16-7-3/h8-9H,4-7H2,1-3H3. The van der Waals surface area contributed by atoms with Crippen molar-refractivity contribution in [2.75, 3.05) is 19.8 Å². The van der Waals surface area contributed by atoms with Gasteiger partial charge >= 0.3 is 0 Å². The third kappa shape index (κ3) is 2.81. The molecule has 0 heterocycles. The quantitative estimate of drug-likeness (QED) is 0.741. The fourth-order valence-corrected chi connectivity index (χ4v) is 1.44. The van der Waals surface area contributed by atoms with Gasteiger partial charge in [0, 0.05) is 0 Å². The molecule has 0 amide bonds. The first-order valence-corrected chi connectivity index (χ1v) is 5.61. The molecule has 1 aromatic carbocycles. The Morgan fingerprint density at radius 1 is 0.875 bits per heavy atom. The topological polar surface area (TPSA) is 27.7 Å². The summed E-state index contributed by atoms with van der Waals surface area (Å²) in [5, 5.41) is 0. The molecular formula is C13H19O3. The molecule has 0 spiro atoms. The minimum absolute atomic E-state index is 0.573. The molecule has 0 saturated heterocycles. The lowest BCUT2D eigenvalue weighted by Crippen LogP contribution is -2.03. The van der Waals surface area contributed by atoms with Gasteiger partial charge in [-0.15, -0.1) is 0 Å². The maximum atomic E-state index is 5.56. The first-order valence-electron chi connectivity index (χ1n) is 5.61. The molecule has 0 fully saturated rings. The highest BCUT2D eigenvalue weighted by atomic mass is 16.5. The van der Waals surface area contributed by atoms with E-state index in [1.54, 1.807) is 0 Å². The molecule has 0 aliphatic carbocycles. The van der Waals surface area contributed by atoms with E-state index < -0.39 is 0 Å². The fraction of sp³-hybridized carbons (Fsp3) is 0.462. The Hall–Kier alpha value is -1.38. The highest BCUT2D eigenvalue weighted by molar-refractivity contribution is 5.56. The predicted molar refractivity (Wildman–Crippen MR) is 64.4 cm³/mol. The number of ether oxygens (including phenoxy) is 3. The van der Waals surface area contributed by atoms with Crippen LogP contribution in [-0.4, -0.2) is 19.8 Å². The second-order valence-corrected chi connectivity index (χ2v) is 3.18. The van der Waals surface area contributed by atoms with Crippen molar-refractivity contribution in [1.82, 2.24) is 0 Å². The van der Waals surface area contributed by atoms with E-state index in [0.29, 0.717) is 37.1 Å². The van der Waals surface area contributed by atoms with Crippen LogP contribution in [0.15, 0.2) is 12.1 Å². The van der Waals surface area contributed by atoms with E-state index in [-0.39, 0.29) is 0 Å². The molecule has 0 unspecified atom stereocenters. The van der Waals surface area contributed by atoms with Crippen LogP contribution < -0.4 is 14.2 Å². The van der Waals surface area contributed by atoms with Gasteiger partial charge in [0.15, 0.2) is 11.5 Å². The largest absolute Gasteiger partial charge is 0.490 e. The van der Waals surface area contributed by atoms with Gasteiger partial charge in [-0.25, -0.2) is 0 Å². The van der Waals surface area contributed by atoms with E-state index in [0.717, 1.165) is 5.56 Å². The van der Waals surface area contributed by atoms with Gasteiger partial charge in [0.2, 0.25) is 5.75 Å². The number of hydrogen-bond acceptors (Lipinski definition) is 3. The second-order valence-electron chi connectivity index (χ2n) is 3.18. The van der Waals surface area contributed by atoms with E-state index in [2.05, 4.69) is 6.92 Å². The van der Waals surface area contributed by atoms with Crippen LogP contribution in [-0.2, 0) is 0 Å². The molecule has 0 aliphatic rings. The summed E-state index contributed by atoms with van der Waals surface area (Å²) < 4.78 is 16.6. The molecule has 1 rings (SSSR count). The van der Waals surface area contributed by atoms with Crippen LogP contribution in [0.2, 0.25) is 0 Å². The third-order valence-corrected chi connectivity index (χ3v) is 2.03. The maximum Gasteiger partial charge on any atom is 0.203 e. The van der Waals surface area contributed by atoms with Gasteiger partial charge in [-0.1, -0.05) is 6.07 Å². The summed E-state index contributed by atoms with van der Waals surface area (Å²) in [4.78, 5) is 0. The molecule has 0 aliphatic heterocycles. The minimum Gasteiger partial charge on any atom is -0.490 e. The zero-order chi connectivity index (χ0) is 12.0. The second kappa shape index (κ2) is 6.26. The van der Waals surface area contributed by atoms with Crippen molar-refractivity contribution in [3.05, 3.63) is 24.6 Å². The predicted octanol–water partition coefficient (Wildman–Crippen LogP) is 3.06. The van der Waals surface area contributed by atoms with Gasteiger partial charge in [0.1, 0.15) is 0 Å². The van der Waals surface area contributed by atoms with Gasteiger partial charge in [0.05, 0.1) is 19.8 Å². The van der Waals surface area contributed by atoms with Gasteiger partial charge in [0.25, 0.3) is 0 Å². The Labute approximate surface area is 97.3 Å². The van der Waals surface area contributed by atoms with Crippen LogP contribution in [0.5, 0.6) is 17.2 Å². The van der Waals surface area contributed by atoms with Crippen LogP contribution in [0, 0.1) is 6.92 Å². The monoisotopic (exact) mass is 223 g/mol. The van der Waals surface area contributed by atoms with Gasteiger partial charge in [-0.2, -0.15) is 0 Å². The molecule has 0 N–H and O–H groups in total. The van der Waals surface area contributed by atoms with Crippen molar-refractivity contribution in [1.29, 1.82) is 0 Å². The molecule has 0 bridgehead atoms. The van der Waals surface area contributed by atoms with Crippen molar-refractivity contribution in [2.45, 2.75) is 20.8 Å². The molecule has 1 aromatic rings. The minimum atomic E-state index is 0.573. The average Bonchev–Trinajstić information content (AvgIpc) is 2.27. The lowest BCUT2D eigenvalue weighted by Gasteiger charge is -2.16. The van der Waals surface area contributed by atoms with E-state index in [1.807, 2.05) is 32.9 Å². The van der Waals surface area contributed by atoms with Gasteiger partial charge in [-0.3, -0.25) is 0 Å². The zero-order valence-corrected chi connectivity index (χ0v) is 10.2. The van der Waals surface area contributed by atoms with E-state index in [1.165, 1.54) is 0 Å². The summed E-state index contributed by atoms with van der Waals surface area (Å²) in [6.45, 7) is 11.5. The average molecular weight is 223 g/mol. The zero-order valence-electron chi connectivity index (χ0n) is 10.2. The van der Waals surface area contributed by atoms with E-state index in [9.17, 15) is 0 Å². The van der Waals surface area contributed by atoms with Crippen molar-refractivity contribution in [2.24, 2.45) is 0 Å². The fourth-order valence-electron chi connectivity index (χ4n) is 1.44. The third-order valence-electron chi connectivity index (χ3n) is 2.03. The van der Waals surface area contributed by atoms with Crippen LogP contribution >= 0.6 is 0 Å². The van der Waals surface area contributed by atoms with E-state index in [4.69, 9.17) is 14.2 Å². The number of hydrogen-bond donors (Lipinski definition) is 0. The highest BCUT2D eigenvalue weighted by Gasteiger charge is 2.14. The summed E-state index contributed by atoms with van der Waals surface area (Å²) in [5.74, 6) is 2.04. The Kier molecular flexibility index (Phi) is 4.96.